The summed E-state index contributed by atoms with van der Waals surface area (Å²) in [6.45, 7) is 6.48. The number of allylic oxidation sites excluding steroid dienone is 3. The summed E-state index contributed by atoms with van der Waals surface area (Å²) in [5, 5.41) is 10.8. The van der Waals surface area contributed by atoms with E-state index in [1.165, 1.54) is 5.69 Å². The van der Waals surface area contributed by atoms with Gasteiger partial charge in [0, 0.05) is 56.3 Å². The van der Waals surface area contributed by atoms with Crippen LogP contribution in [0.1, 0.15) is 6.92 Å². The fraction of sp³-hybridized carbons (Fsp3) is 0.273. The minimum absolute atomic E-state index is 0.201. The Morgan fingerprint density at radius 1 is 1.22 bits per heavy atom. The smallest absolute Gasteiger partial charge is 0.146 e. The van der Waals surface area contributed by atoms with Crippen molar-refractivity contribution in [2.45, 2.75) is 6.92 Å². The van der Waals surface area contributed by atoms with E-state index in [1.807, 2.05) is 19.1 Å². The summed E-state index contributed by atoms with van der Waals surface area (Å²) in [6, 6.07) is 10.5. The van der Waals surface area contributed by atoms with Crippen LogP contribution in [0.4, 0.5) is 5.69 Å². The van der Waals surface area contributed by atoms with Gasteiger partial charge in [-0.1, -0.05) is 34.1 Å². The van der Waals surface area contributed by atoms with Gasteiger partial charge >= 0.3 is 0 Å². The largest absolute Gasteiger partial charge is 0.505 e. The van der Waals surface area contributed by atoms with Crippen LogP contribution < -0.4 is 4.90 Å². The number of nitrogens with zero attached hydrogens (tertiary/aromatic N) is 3. The molecule has 3 rings (SSSR count). The Hall–Kier alpha value is -2.33. The van der Waals surface area contributed by atoms with Crippen molar-refractivity contribution in [3.63, 3.8) is 0 Å². The van der Waals surface area contributed by atoms with Gasteiger partial charge in [-0.05, 0) is 41.8 Å². The lowest BCUT2D eigenvalue weighted by molar-refractivity contribution is 0.276. The molecular weight excluding hydrogens is 402 g/mol. The average Bonchev–Trinajstić information content (AvgIpc) is 2.97. The summed E-state index contributed by atoms with van der Waals surface area (Å²) in [6.07, 6.45) is 8.92. The minimum Gasteiger partial charge on any atom is -0.505 e. The van der Waals surface area contributed by atoms with Crippen LogP contribution in [0.3, 0.4) is 0 Å². The van der Waals surface area contributed by atoms with E-state index in [0.717, 1.165) is 36.2 Å². The molecule has 2 heterocycles. The van der Waals surface area contributed by atoms with Gasteiger partial charge in [-0.2, -0.15) is 0 Å². The van der Waals surface area contributed by atoms with Crippen molar-refractivity contribution >= 4 is 27.3 Å². The monoisotopic (exact) mass is 425 g/mol. The van der Waals surface area contributed by atoms with E-state index in [4.69, 9.17) is 0 Å². The number of para-hydroxylation sites is 1. The SMILES string of the molecule is C/C(Br)=C\C(CN1CCN(c2ccccc2)CC1)=C(\O)C1=NC=CC=C=C1. The van der Waals surface area contributed by atoms with Crippen LogP contribution in [0.25, 0.3) is 0 Å². The summed E-state index contributed by atoms with van der Waals surface area (Å²) in [7, 11) is 0. The molecule has 27 heavy (non-hydrogen) atoms. The fourth-order valence-electron chi connectivity index (χ4n) is 3.15. The Kier molecular flexibility index (Phi) is 6.88. The maximum atomic E-state index is 10.8. The quantitative estimate of drug-likeness (QED) is 0.425. The van der Waals surface area contributed by atoms with Gasteiger partial charge in [0.05, 0.1) is 0 Å². The summed E-state index contributed by atoms with van der Waals surface area (Å²) in [4.78, 5) is 9.07. The molecule has 0 aliphatic carbocycles. The van der Waals surface area contributed by atoms with E-state index in [2.05, 4.69) is 60.7 Å². The molecule has 0 aromatic heterocycles. The van der Waals surface area contributed by atoms with Gasteiger partial charge in [0.1, 0.15) is 11.5 Å². The molecule has 0 bridgehead atoms. The van der Waals surface area contributed by atoms with E-state index in [1.54, 1.807) is 24.4 Å². The van der Waals surface area contributed by atoms with Crippen molar-refractivity contribution in [1.82, 2.24) is 4.90 Å². The van der Waals surface area contributed by atoms with Gasteiger partial charge in [0.2, 0.25) is 0 Å². The van der Waals surface area contributed by atoms with E-state index in [0.29, 0.717) is 12.3 Å². The first-order valence-corrected chi connectivity index (χ1v) is 9.87. The predicted molar refractivity (Wildman–Crippen MR) is 117 cm³/mol. The molecule has 0 atom stereocenters. The molecule has 0 spiro atoms. The van der Waals surface area contributed by atoms with E-state index in [9.17, 15) is 5.11 Å². The summed E-state index contributed by atoms with van der Waals surface area (Å²) in [5.74, 6) is 0.201. The lowest BCUT2D eigenvalue weighted by Crippen LogP contribution is -2.47. The zero-order valence-electron chi connectivity index (χ0n) is 15.5. The Morgan fingerprint density at radius 3 is 2.67 bits per heavy atom. The zero-order valence-corrected chi connectivity index (χ0v) is 17.1. The van der Waals surface area contributed by atoms with E-state index < -0.39 is 0 Å². The minimum atomic E-state index is 0.201. The van der Waals surface area contributed by atoms with Crippen LogP contribution in [-0.4, -0.2) is 48.4 Å². The Balaban J connectivity index is 1.72. The molecule has 1 fully saturated rings. The number of aliphatic hydroxyl groups excluding tert-OH is 1. The number of anilines is 1. The third-order valence-corrected chi connectivity index (χ3v) is 4.75. The molecule has 1 aromatic carbocycles. The number of hydrogen-bond acceptors (Lipinski definition) is 4. The highest BCUT2D eigenvalue weighted by Crippen LogP contribution is 2.19. The highest BCUT2D eigenvalue weighted by atomic mass is 79.9. The summed E-state index contributed by atoms with van der Waals surface area (Å²) < 4.78 is 0.969. The molecule has 0 amide bonds. The lowest BCUT2D eigenvalue weighted by atomic mass is 10.1. The molecule has 140 valence electrons. The number of piperazine rings is 1. The van der Waals surface area contributed by atoms with Gasteiger partial charge in [-0.3, -0.25) is 9.89 Å². The standard InChI is InChI=1S/C22H24BrN3O/c1-18(23)16-19(22(27)21-10-6-3-7-11-24-21)17-25-12-14-26(15-13-25)20-8-4-2-5-9-20/h2-5,7-11,16,27H,12-15,17H2,1H3/b18-16+,22-19-. The van der Waals surface area contributed by atoms with Crippen LogP contribution in [-0.2, 0) is 0 Å². The molecule has 1 saturated heterocycles. The second kappa shape index (κ2) is 9.56. The Bertz CT molecular complexity index is 834. The van der Waals surface area contributed by atoms with Gasteiger partial charge < -0.3 is 10.0 Å². The van der Waals surface area contributed by atoms with Gasteiger partial charge in [0.25, 0.3) is 0 Å². The molecule has 0 unspecified atom stereocenters. The first kappa shape index (κ1) is 19.4. The maximum absolute atomic E-state index is 10.8. The van der Waals surface area contributed by atoms with Crippen LogP contribution in [0, 0.1) is 0 Å². The molecule has 1 aromatic rings. The molecule has 4 nitrogen and oxygen atoms in total. The van der Waals surface area contributed by atoms with Crippen molar-refractivity contribution in [3.05, 3.63) is 82.4 Å². The molecule has 1 N–H and O–H groups in total. The lowest BCUT2D eigenvalue weighted by Gasteiger charge is -2.36. The Labute approximate surface area is 169 Å². The topological polar surface area (TPSA) is 39.1 Å². The maximum Gasteiger partial charge on any atom is 0.146 e. The number of aliphatic hydroxyl groups is 1. The molecule has 0 saturated carbocycles. The van der Waals surface area contributed by atoms with Gasteiger partial charge in [-0.15, -0.1) is 5.73 Å². The second-order valence-corrected chi connectivity index (χ2v) is 7.79. The second-order valence-electron chi connectivity index (χ2n) is 6.54. The van der Waals surface area contributed by atoms with Gasteiger partial charge in [0.15, 0.2) is 0 Å². The third kappa shape index (κ3) is 5.57. The highest BCUT2D eigenvalue weighted by Gasteiger charge is 2.19. The molecule has 5 heteroatoms. The molecule has 2 aliphatic heterocycles. The normalized spacial score (nSPS) is 19.0. The highest BCUT2D eigenvalue weighted by molar-refractivity contribution is 9.11. The summed E-state index contributed by atoms with van der Waals surface area (Å²) >= 11 is 3.49. The van der Waals surface area contributed by atoms with E-state index in [-0.39, 0.29) is 5.76 Å². The number of halogens is 1. The molecule has 0 radical (unpaired) electrons. The number of hydrogen-bond donors (Lipinski definition) is 1. The first-order valence-electron chi connectivity index (χ1n) is 9.07. The average molecular weight is 426 g/mol. The number of benzene rings is 1. The first-order chi connectivity index (χ1) is 13.1. The van der Waals surface area contributed by atoms with Crippen LogP contribution in [0.2, 0.25) is 0 Å². The van der Waals surface area contributed by atoms with Crippen LogP contribution in [0.5, 0.6) is 0 Å². The zero-order chi connectivity index (χ0) is 19.1. The van der Waals surface area contributed by atoms with Crippen molar-refractivity contribution in [2.24, 2.45) is 4.99 Å². The molecule has 2 aliphatic rings. The fourth-order valence-corrected chi connectivity index (χ4v) is 3.43. The third-order valence-electron chi connectivity index (χ3n) is 4.52. The predicted octanol–water partition coefficient (Wildman–Crippen LogP) is 4.60. The van der Waals surface area contributed by atoms with Crippen molar-refractivity contribution in [3.8, 4) is 0 Å². The van der Waals surface area contributed by atoms with Crippen LogP contribution in [0.15, 0.2) is 87.4 Å². The number of aliphatic imine (C=N–C) groups is 1. The van der Waals surface area contributed by atoms with Crippen LogP contribution >= 0.6 is 15.9 Å². The van der Waals surface area contributed by atoms with E-state index >= 15 is 0 Å². The van der Waals surface area contributed by atoms with Crippen molar-refractivity contribution < 1.29 is 5.11 Å². The van der Waals surface area contributed by atoms with Crippen molar-refractivity contribution in [1.29, 1.82) is 0 Å². The van der Waals surface area contributed by atoms with Gasteiger partial charge in [-0.25, -0.2) is 0 Å². The Morgan fingerprint density at radius 2 is 1.96 bits per heavy atom. The van der Waals surface area contributed by atoms with Crippen molar-refractivity contribution in [2.75, 3.05) is 37.6 Å². The number of rotatable bonds is 5. The molecular formula is C22H24BrN3O. The summed E-state index contributed by atoms with van der Waals surface area (Å²) in [5.41, 5.74) is 5.65.